The van der Waals surface area contributed by atoms with E-state index in [4.69, 9.17) is 4.42 Å². The van der Waals surface area contributed by atoms with Crippen molar-refractivity contribution in [2.24, 2.45) is 10.9 Å². The smallest absolute Gasteiger partial charge is 0.211 e. The zero-order valence-corrected chi connectivity index (χ0v) is 16.4. The standard InChI is InChI=1S/C17H30N4O3S/c1-5-18-17(20-14(3)16-7-6-13(2)24-16)19-12-15-8-10-21(11-9-15)25(4,22)23/h6-7,14-15H,5,8-12H2,1-4H3,(H2,18,19,20). The van der Waals surface area contributed by atoms with Gasteiger partial charge in [0.15, 0.2) is 5.96 Å². The van der Waals surface area contributed by atoms with E-state index in [1.54, 1.807) is 4.31 Å². The van der Waals surface area contributed by atoms with Gasteiger partial charge in [-0.15, -0.1) is 0 Å². The van der Waals surface area contributed by atoms with Gasteiger partial charge in [-0.25, -0.2) is 12.7 Å². The fraction of sp³-hybridized carbons (Fsp3) is 0.706. The lowest BCUT2D eigenvalue weighted by molar-refractivity contribution is 0.280. The van der Waals surface area contributed by atoms with E-state index >= 15 is 0 Å². The SMILES string of the molecule is CCNC(=NCC1CCN(S(C)(=O)=O)CC1)NC(C)c1ccc(C)o1. The lowest BCUT2D eigenvalue weighted by Crippen LogP contribution is -2.40. The highest BCUT2D eigenvalue weighted by Gasteiger charge is 2.24. The van der Waals surface area contributed by atoms with E-state index < -0.39 is 10.0 Å². The van der Waals surface area contributed by atoms with Crippen LogP contribution in [-0.4, -0.2) is 51.1 Å². The Balaban J connectivity index is 1.89. The quantitative estimate of drug-likeness (QED) is 0.590. The maximum absolute atomic E-state index is 11.6. The van der Waals surface area contributed by atoms with E-state index in [0.29, 0.717) is 25.6 Å². The fourth-order valence-electron chi connectivity index (χ4n) is 2.93. The normalized spacial score (nSPS) is 19.0. The molecule has 7 nitrogen and oxygen atoms in total. The van der Waals surface area contributed by atoms with E-state index in [1.165, 1.54) is 6.26 Å². The van der Waals surface area contributed by atoms with E-state index in [1.807, 2.05) is 32.9 Å². The van der Waals surface area contributed by atoms with Crippen LogP contribution in [-0.2, 0) is 10.0 Å². The van der Waals surface area contributed by atoms with Gasteiger partial charge in [0.1, 0.15) is 11.5 Å². The molecule has 1 aliphatic rings. The maximum atomic E-state index is 11.6. The molecule has 1 aromatic rings. The zero-order valence-electron chi connectivity index (χ0n) is 15.6. The molecule has 8 heteroatoms. The minimum absolute atomic E-state index is 0.0265. The van der Waals surface area contributed by atoms with Crippen LogP contribution in [0.1, 0.15) is 44.3 Å². The number of aryl methyl sites for hydroxylation is 1. The summed E-state index contributed by atoms with van der Waals surface area (Å²) in [4.78, 5) is 4.68. The Labute approximate surface area is 150 Å². The Hall–Kier alpha value is -1.54. The molecule has 0 bridgehead atoms. The summed E-state index contributed by atoms with van der Waals surface area (Å²) in [5.41, 5.74) is 0. The van der Waals surface area contributed by atoms with Crippen LogP contribution in [0.15, 0.2) is 21.5 Å². The number of hydrogen-bond donors (Lipinski definition) is 2. The minimum atomic E-state index is -3.07. The Bertz CT molecular complexity index is 676. The monoisotopic (exact) mass is 370 g/mol. The Morgan fingerprint density at radius 3 is 2.60 bits per heavy atom. The second-order valence-electron chi connectivity index (χ2n) is 6.64. The highest BCUT2D eigenvalue weighted by atomic mass is 32.2. The van der Waals surface area contributed by atoms with Crippen molar-refractivity contribution >= 4 is 16.0 Å². The molecule has 0 saturated carbocycles. The summed E-state index contributed by atoms with van der Waals surface area (Å²) < 4.78 is 30.4. The topological polar surface area (TPSA) is 86.9 Å². The van der Waals surface area contributed by atoms with Crippen LogP contribution in [0.2, 0.25) is 0 Å². The second kappa shape index (κ2) is 8.71. The number of piperidine rings is 1. The van der Waals surface area contributed by atoms with E-state index in [-0.39, 0.29) is 6.04 Å². The molecule has 2 heterocycles. The number of sulfonamides is 1. The number of guanidine groups is 1. The minimum Gasteiger partial charge on any atom is -0.464 e. The van der Waals surface area contributed by atoms with Gasteiger partial charge in [0.25, 0.3) is 0 Å². The molecule has 0 radical (unpaired) electrons. The Kier molecular flexibility index (Phi) is 6.89. The Morgan fingerprint density at radius 2 is 2.08 bits per heavy atom. The molecule has 1 atom stereocenters. The van der Waals surface area contributed by atoms with Gasteiger partial charge in [-0.2, -0.15) is 0 Å². The first kappa shape index (κ1) is 19.8. The maximum Gasteiger partial charge on any atom is 0.211 e. The number of furan rings is 1. The third-order valence-corrected chi connectivity index (χ3v) is 5.74. The molecule has 0 aliphatic carbocycles. The first-order valence-corrected chi connectivity index (χ1v) is 10.7. The highest BCUT2D eigenvalue weighted by Crippen LogP contribution is 2.19. The third-order valence-electron chi connectivity index (χ3n) is 4.44. The van der Waals surface area contributed by atoms with Gasteiger partial charge in [0, 0.05) is 26.2 Å². The van der Waals surface area contributed by atoms with Gasteiger partial charge in [-0.05, 0) is 51.7 Å². The van der Waals surface area contributed by atoms with Crippen LogP contribution >= 0.6 is 0 Å². The molecule has 0 spiro atoms. The molecular weight excluding hydrogens is 340 g/mol. The van der Waals surface area contributed by atoms with Gasteiger partial charge < -0.3 is 15.1 Å². The van der Waals surface area contributed by atoms with Crippen molar-refractivity contribution in [2.45, 2.75) is 39.7 Å². The average Bonchev–Trinajstić information content (AvgIpc) is 2.99. The first-order chi connectivity index (χ1) is 11.8. The van der Waals surface area contributed by atoms with Crippen molar-refractivity contribution in [2.75, 3.05) is 32.4 Å². The van der Waals surface area contributed by atoms with Gasteiger partial charge in [-0.3, -0.25) is 4.99 Å². The van der Waals surface area contributed by atoms with Gasteiger partial charge in [0.2, 0.25) is 10.0 Å². The molecule has 2 N–H and O–H groups in total. The number of nitrogens with zero attached hydrogens (tertiary/aromatic N) is 2. The number of nitrogens with one attached hydrogen (secondary N) is 2. The third kappa shape index (κ3) is 6.04. The molecule has 142 valence electrons. The van der Waals surface area contributed by atoms with Gasteiger partial charge in [0.05, 0.1) is 12.3 Å². The van der Waals surface area contributed by atoms with Gasteiger partial charge >= 0.3 is 0 Å². The first-order valence-electron chi connectivity index (χ1n) is 8.86. The molecule has 0 amide bonds. The predicted molar refractivity (Wildman–Crippen MR) is 100 cm³/mol. The summed E-state index contributed by atoms with van der Waals surface area (Å²) in [6.07, 6.45) is 2.97. The van der Waals surface area contributed by atoms with E-state index in [9.17, 15) is 8.42 Å². The highest BCUT2D eigenvalue weighted by molar-refractivity contribution is 7.88. The van der Waals surface area contributed by atoms with Crippen LogP contribution in [0.25, 0.3) is 0 Å². The molecule has 1 aliphatic heterocycles. The van der Waals surface area contributed by atoms with Crippen molar-refractivity contribution in [3.05, 3.63) is 23.7 Å². The summed E-state index contributed by atoms with van der Waals surface area (Å²) in [5, 5.41) is 6.61. The number of aliphatic imine (C=N–C) groups is 1. The molecule has 1 fully saturated rings. The summed E-state index contributed by atoms with van der Waals surface area (Å²) in [6.45, 7) is 8.65. The average molecular weight is 371 g/mol. The van der Waals surface area contributed by atoms with Crippen molar-refractivity contribution in [3.8, 4) is 0 Å². The number of hydrogen-bond acceptors (Lipinski definition) is 4. The summed E-state index contributed by atoms with van der Waals surface area (Å²) in [7, 11) is -3.07. The lowest BCUT2D eigenvalue weighted by Gasteiger charge is -2.29. The molecule has 0 aromatic carbocycles. The second-order valence-corrected chi connectivity index (χ2v) is 8.62. The lowest BCUT2D eigenvalue weighted by atomic mass is 9.98. The van der Waals surface area contributed by atoms with Crippen molar-refractivity contribution in [1.29, 1.82) is 0 Å². The van der Waals surface area contributed by atoms with Crippen LogP contribution in [0.5, 0.6) is 0 Å². The fourth-order valence-corrected chi connectivity index (χ4v) is 3.80. The number of rotatable bonds is 6. The van der Waals surface area contributed by atoms with Crippen LogP contribution in [0.4, 0.5) is 0 Å². The summed E-state index contributed by atoms with van der Waals surface area (Å²) >= 11 is 0. The van der Waals surface area contributed by atoms with Crippen molar-refractivity contribution in [3.63, 3.8) is 0 Å². The zero-order chi connectivity index (χ0) is 18.4. The van der Waals surface area contributed by atoms with E-state index in [0.717, 1.165) is 36.9 Å². The molecule has 1 aromatic heterocycles. The van der Waals surface area contributed by atoms with Crippen LogP contribution in [0, 0.1) is 12.8 Å². The molecular formula is C17H30N4O3S. The summed E-state index contributed by atoms with van der Waals surface area (Å²) in [6, 6.07) is 3.95. The predicted octanol–water partition coefficient (Wildman–Crippen LogP) is 1.88. The Morgan fingerprint density at radius 1 is 1.40 bits per heavy atom. The molecule has 1 unspecified atom stereocenters. The largest absolute Gasteiger partial charge is 0.464 e. The molecule has 2 rings (SSSR count). The van der Waals surface area contributed by atoms with Crippen LogP contribution in [0.3, 0.4) is 0 Å². The van der Waals surface area contributed by atoms with Crippen molar-refractivity contribution in [1.82, 2.24) is 14.9 Å². The molecule has 25 heavy (non-hydrogen) atoms. The van der Waals surface area contributed by atoms with Crippen LogP contribution < -0.4 is 10.6 Å². The summed E-state index contributed by atoms with van der Waals surface area (Å²) in [5.74, 6) is 2.94. The molecule has 1 saturated heterocycles. The van der Waals surface area contributed by atoms with Crippen molar-refractivity contribution < 1.29 is 12.8 Å². The van der Waals surface area contributed by atoms with E-state index in [2.05, 4.69) is 15.6 Å². The van der Waals surface area contributed by atoms with Gasteiger partial charge in [-0.1, -0.05) is 0 Å².